The number of methoxy groups -OCH3 is 1. The summed E-state index contributed by atoms with van der Waals surface area (Å²) in [6.45, 7) is 0.353. The van der Waals surface area contributed by atoms with Gasteiger partial charge in [-0.25, -0.2) is 0 Å². The van der Waals surface area contributed by atoms with Crippen LogP contribution < -0.4 is 5.73 Å². The van der Waals surface area contributed by atoms with Crippen LogP contribution in [0.25, 0.3) is 0 Å². The molecule has 84 valence electrons. The lowest BCUT2D eigenvalue weighted by Gasteiger charge is -2.08. The summed E-state index contributed by atoms with van der Waals surface area (Å²) in [5, 5.41) is 8.98. The Bertz CT molecular complexity index is 452. The number of hydrogen-bond acceptors (Lipinski definition) is 4. The number of nitrogens with two attached hydrogens (primary N) is 1. The maximum atomic E-state index is 11.2. The molecule has 0 fully saturated rings. The second-order valence-corrected chi connectivity index (χ2v) is 4.03. The van der Waals surface area contributed by atoms with Crippen molar-refractivity contribution in [3.8, 4) is 6.07 Å². The number of rotatable bonds is 3. The zero-order valence-electron chi connectivity index (χ0n) is 8.79. The van der Waals surface area contributed by atoms with E-state index in [1.807, 2.05) is 6.07 Å². The maximum Gasteiger partial charge on any atom is 0.310 e. The van der Waals surface area contributed by atoms with Gasteiger partial charge in [-0.3, -0.25) is 4.79 Å². The van der Waals surface area contributed by atoms with Crippen molar-refractivity contribution < 1.29 is 9.53 Å². The average Bonchev–Trinajstić information content (AvgIpc) is 2.30. The van der Waals surface area contributed by atoms with Crippen molar-refractivity contribution >= 4 is 21.9 Å². The largest absolute Gasteiger partial charge is 0.469 e. The molecule has 16 heavy (non-hydrogen) atoms. The average molecular weight is 283 g/mol. The van der Waals surface area contributed by atoms with Crippen LogP contribution in [0.5, 0.6) is 0 Å². The molecule has 0 saturated carbocycles. The second kappa shape index (κ2) is 5.64. The van der Waals surface area contributed by atoms with Gasteiger partial charge in [-0.1, -0.05) is 15.9 Å². The number of halogens is 1. The van der Waals surface area contributed by atoms with Crippen LogP contribution in [0.15, 0.2) is 16.6 Å². The predicted octanol–water partition coefficient (Wildman–Crippen LogP) is 1.49. The molecular formula is C11H11BrN2O2. The van der Waals surface area contributed by atoms with E-state index in [2.05, 4.69) is 20.7 Å². The standard InChI is InChI=1S/C11H11BrN2O2/c1-16-11(15)4-9-8(6-14)2-7(5-13)3-10(9)12/h2-3H,4-5,13H2,1H3. The van der Waals surface area contributed by atoms with E-state index < -0.39 is 0 Å². The van der Waals surface area contributed by atoms with Crippen LogP contribution in [-0.2, 0) is 22.5 Å². The van der Waals surface area contributed by atoms with Crippen molar-refractivity contribution in [2.24, 2.45) is 5.73 Å². The van der Waals surface area contributed by atoms with E-state index in [4.69, 9.17) is 11.0 Å². The number of carbonyl (C=O) groups is 1. The molecule has 1 aromatic carbocycles. The van der Waals surface area contributed by atoms with Crippen molar-refractivity contribution in [2.75, 3.05) is 7.11 Å². The molecule has 0 radical (unpaired) electrons. The van der Waals surface area contributed by atoms with Crippen LogP contribution in [-0.4, -0.2) is 13.1 Å². The van der Waals surface area contributed by atoms with Gasteiger partial charge in [-0.05, 0) is 23.3 Å². The first-order chi connectivity index (χ1) is 7.62. The van der Waals surface area contributed by atoms with Crippen LogP contribution in [0.4, 0.5) is 0 Å². The minimum absolute atomic E-state index is 0.0742. The first kappa shape index (κ1) is 12.7. The molecule has 0 aliphatic carbocycles. The summed E-state index contributed by atoms with van der Waals surface area (Å²) in [5.41, 5.74) is 7.42. The lowest BCUT2D eigenvalue weighted by molar-refractivity contribution is -0.139. The number of nitrogens with zero attached hydrogens (tertiary/aromatic N) is 1. The summed E-state index contributed by atoms with van der Waals surface area (Å²) in [6.07, 6.45) is 0.0742. The van der Waals surface area contributed by atoms with Gasteiger partial charge in [0.25, 0.3) is 0 Å². The maximum absolute atomic E-state index is 11.2. The van der Waals surface area contributed by atoms with Gasteiger partial charge in [0.1, 0.15) is 0 Å². The van der Waals surface area contributed by atoms with Crippen molar-refractivity contribution in [1.82, 2.24) is 0 Å². The van der Waals surface area contributed by atoms with Crippen molar-refractivity contribution in [3.63, 3.8) is 0 Å². The lowest BCUT2D eigenvalue weighted by atomic mass is 10.0. The highest BCUT2D eigenvalue weighted by Crippen LogP contribution is 2.23. The Balaban J connectivity index is 3.18. The van der Waals surface area contributed by atoms with Crippen molar-refractivity contribution in [2.45, 2.75) is 13.0 Å². The molecule has 0 spiro atoms. The van der Waals surface area contributed by atoms with E-state index in [9.17, 15) is 4.79 Å². The van der Waals surface area contributed by atoms with Crippen molar-refractivity contribution in [1.29, 1.82) is 5.26 Å². The fourth-order valence-electron chi connectivity index (χ4n) is 1.31. The van der Waals surface area contributed by atoms with E-state index in [1.165, 1.54) is 7.11 Å². The molecule has 0 atom stereocenters. The van der Waals surface area contributed by atoms with Gasteiger partial charge in [0.15, 0.2) is 0 Å². The van der Waals surface area contributed by atoms with Crippen molar-refractivity contribution in [3.05, 3.63) is 33.3 Å². The molecule has 1 aromatic rings. The van der Waals surface area contributed by atoms with Crippen LogP contribution in [0.3, 0.4) is 0 Å². The summed E-state index contributed by atoms with van der Waals surface area (Å²) < 4.78 is 5.28. The summed E-state index contributed by atoms with van der Waals surface area (Å²) in [6, 6.07) is 5.54. The topological polar surface area (TPSA) is 76.1 Å². The van der Waals surface area contributed by atoms with E-state index in [0.29, 0.717) is 22.1 Å². The SMILES string of the molecule is COC(=O)Cc1c(Br)cc(CN)cc1C#N. The quantitative estimate of drug-likeness (QED) is 0.853. The highest BCUT2D eigenvalue weighted by Gasteiger charge is 2.13. The third-order valence-corrected chi connectivity index (χ3v) is 2.87. The van der Waals surface area contributed by atoms with Crippen LogP contribution in [0.2, 0.25) is 0 Å². The van der Waals surface area contributed by atoms with Crippen LogP contribution >= 0.6 is 15.9 Å². The Kier molecular flexibility index (Phi) is 4.47. The van der Waals surface area contributed by atoms with Crippen LogP contribution in [0.1, 0.15) is 16.7 Å². The molecular weight excluding hydrogens is 272 g/mol. The summed E-state index contributed by atoms with van der Waals surface area (Å²) in [7, 11) is 1.32. The van der Waals surface area contributed by atoms with E-state index >= 15 is 0 Å². The van der Waals surface area contributed by atoms with Crippen LogP contribution in [0, 0.1) is 11.3 Å². The highest BCUT2D eigenvalue weighted by atomic mass is 79.9. The molecule has 2 N–H and O–H groups in total. The fourth-order valence-corrected chi connectivity index (χ4v) is 1.95. The van der Waals surface area contributed by atoms with E-state index in [-0.39, 0.29) is 12.4 Å². The minimum Gasteiger partial charge on any atom is -0.469 e. The Morgan fingerprint density at radius 3 is 2.81 bits per heavy atom. The number of ether oxygens (including phenoxy) is 1. The number of hydrogen-bond donors (Lipinski definition) is 1. The summed E-state index contributed by atoms with van der Waals surface area (Å²) >= 11 is 3.32. The predicted molar refractivity (Wildman–Crippen MR) is 62.5 cm³/mol. The number of nitriles is 1. The van der Waals surface area contributed by atoms with Gasteiger partial charge in [0.05, 0.1) is 25.2 Å². The molecule has 0 aromatic heterocycles. The molecule has 0 amide bonds. The minimum atomic E-state index is -0.377. The fraction of sp³-hybridized carbons (Fsp3) is 0.273. The first-order valence-electron chi connectivity index (χ1n) is 4.60. The Morgan fingerprint density at radius 2 is 2.31 bits per heavy atom. The number of benzene rings is 1. The molecule has 0 aliphatic rings. The summed E-state index contributed by atoms with van der Waals surface area (Å²) in [4.78, 5) is 11.2. The third-order valence-electron chi connectivity index (χ3n) is 2.16. The number of carbonyl (C=O) groups excluding carboxylic acids is 1. The molecule has 0 bridgehead atoms. The smallest absolute Gasteiger partial charge is 0.310 e. The van der Waals surface area contributed by atoms with Gasteiger partial charge >= 0.3 is 5.97 Å². The van der Waals surface area contributed by atoms with Gasteiger partial charge in [-0.2, -0.15) is 5.26 Å². The normalized spacial score (nSPS) is 9.62. The Hall–Kier alpha value is -1.38. The molecule has 0 heterocycles. The summed E-state index contributed by atoms with van der Waals surface area (Å²) in [5.74, 6) is -0.377. The zero-order valence-corrected chi connectivity index (χ0v) is 10.4. The Morgan fingerprint density at radius 1 is 1.62 bits per heavy atom. The molecule has 1 rings (SSSR count). The molecule has 0 aliphatic heterocycles. The molecule has 0 unspecified atom stereocenters. The molecule has 5 heteroatoms. The van der Waals surface area contributed by atoms with Gasteiger partial charge < -0.3 is 10.5 Å². The zero-order chi connectivity index (χ0) is 12.1. The van der Waals surface area contributed by atoms with Gasteiger partial charge in [-0.15, -0.1) is 0 Å². The second-order valence-electron chi connectivity index (χ2n) is 3.17. The Labute approximate surface area is 102 Å². The monoisotopic (exact) mass is 282 g/mol. The first-order valence-corrected chi connectivity index (χ1v) is 5.40. The molecule has 0 saturated heterocycles. The highest BCUT2D eigenvalue weighted by molar-refractivity contribution is 9.10. The molecule has 4 nitrogen and oxygen atoms in total. The lowest BCUT2D eigenvalue weighted by Crippen LogP contribution is -2.08. The van der Waals surface area contributed by atoms with E-state index in [1.54, 1.807) is 12.1 Å². The van der Waals surface area contributed by atoms with Gasteiger partial charge in [0, 0.05) is 11.0 Å². The van der Waals surface area contributed by atoms with Gasteiger partial charge in [0.2, 0.25) is 0 Å². The van der Waals surface area contributed by atoms with E-state index in [0.717, 1.165) is 5.56 Å². The number of esters is 1. The third kappa shape index (κ3) is 2.81.